The summed E-state index contributed by atoms with van der Waals surface area (Å²) in [6.07, 6.45) is 1.65. The van der Waals surface area contributed by atoms with E-state index in [0.717, 1.165) is 34.5 Å². The van der Waals surface area contributed by atoms with E-state index in [1.165, 1.54) is 0 Å². The van der Waals surface area contributed by atoms with E-state index in [9.17, 15) is 0 Å². The van der Waals surface area contributed by atoms with Crippen molar-refractivity contribution in [3.8, 4) is 11.5 Å². The van der Waals surface area contributed by atoms with Gasteiger partial charge in [-0.3, -0.25) is 0 Å². The Balaban J connectivity index is 0.00000240. The van der Waals surface area contributed by atoms with E-state index < -0.39 is 0 Å². The van der Waals surface area contributed by atoms with Gasteiger partial charge in [-0.2, -0.15) is 0 Å². The van der Waals surface area contributed by atoms with Gasteiger partial charge in [0.05, 0.1) is 13.1 Å². The molecule has 0 fully saturated rings. The van der Waals surface area contributed by atoms with Crippen LogP contribution in [0.15, 0.2) is 80.8 Å². The molecule has 2 heterocycles. The molecule has 4 aromatic rings. The molecule has 0 radical (unpaired) electrons. The van der Waals surface area contributed by atoms with Gasteiger partial charge in [0.1, 0.15) is 23.3 Å². The number of nitrogens with one attached hydrogen (secondary N) is 2. The Morgan fingerprint density at radius 1 is 1.03 bits per heavy atom. The summed E-state index contributed by atoms with van der Waals surface area (Å²) < 4.78 is 11.4. The highest BCUT2D eigenvalue weighted by molar-refractivity contribution is 14.0. The SMILES string of the molecule is CCNC(=NCc1coc(-c2ccccc2)n1)NCc1cc2ccccc2o1.I. The molecule has 0 aliphatic carbocycles. The summed E-state index contributed by atoms with van der Waals surface area (Å²) >= 11 is 0. The minimum atomic E-state index is 0. The second-order valence-electron chi connectivity index (χ2n) is 6.31. The maximum atomic E-state index is 5.84. The second kappa shape index (κ2) is 10.1. The van der Waals surface area contributed by atoms with Gasteiger partial charge in [0, 0.05) is 17.5 Å². The first-order chi connectivity index (χ1) is 13.8. The first-order valence-corrected chi connectivity index (χ1v) is 9.31. The van der Waals surface area contributed by atoms with Crippen molar-refractivity contribution < 1.29 is 8.83 Å². The van der Waals surface area contributed by atoms with Crippen molar-refractivity contribution in [3.63, 3.8) is 0 Å². The lowest BCUT2D eigenvalue weighted by atomic mass is 10.2. The van der Waals surface area contributed by atoms with Crippen LogP contribution >= 0.6 is 24.0 Å². The Morgan fingerprint density at radius 3 is 2.62 bits per heavy atom. The first-order valence-electron chi connectivity index (χ1n) is 9.31. The fraction of sp³-hybridized carbons (Fsp3) is 0.182. The molecule has 0 saturated heterocycles. The molecule has 2 aromatic carbocycles. The lowest BCUT2D eigenvalue weighted by molar-refractivity contribution is 0.538. The number of aliphatic imine (C=N–C) groups is 1. The standard InChI is InChI=1S/C22H22N4O2.HI/c1-2-23-22(25-14-19-12-17-10-6-7-11-20(17)28-19)24-13-18-15-27-21(26-18)16-8-4-3-5-9-16;/h3-12,15H,2,13-14H2,1H3,(H2,23,24,25);1H. The zero-order chi connectivity index (χ0) is 19.2. The van der Waals surface area contributed by atoms with Gasteiger partial charge in [-0.15, -0.1) is 24.0 Å². The molecule has 0 aliphatic rings. The monoisotopic (exact) mass is 502 g/mol. The van der Waals surface area contributed by atoms with Crippen LogP contribution in [0.4, 0.5) is 0 Å². The molecule has 29 heavy (non-hydrogen) atoms. The zero-order valence-corrected chi connectivity index (χ0v) is 18.4. The lowest BCUT2D eigenvalue weighted by Gasteiger charge is -2.09. The maximum Gasteiger partial charge on any atom is 0.226 e. The summed E-state index contributed by atoms with van der Waals surface area (Å²) in [6.45, 7) is 3.77. The molecular weight excluding hydrogens is 479 g/mol. The number of fused-ring (bicyclic) bond motifs is 1. The van der Waals surface area contributed by atoms with E-state index >= 15 is 0 Å². The van der Waals surface area contributed by atoms with Crippen molar-refractivity contribution >= 4 is 40.9 Å². The highest BCUT2D eigenvalue weighted by Gasteiger charge is 2.07. The molecule has 0 saturated carbocycles. The van der Waals surface area contributed by atoms with E-state index in [4.69, 9.17) is 8.83 Å². The van der Waals surface area contributed by atoms with Gasteiger partial charge in [-0.1, -0.05) is 36.4 Å². The van der Waals surface area contributed by atoms with Gasteiger partial charge in [-0.05, 0) is 31.2 Å². The third kappa shape index (κ3) is 5.38. The number of oxazole rings is 1. The number of furan rings is 1. The quantitative estimate of drug-likeness (QED) is 0.222. The number of benzene rings is 2. The smallest absolute Gasteiger partial charge is 0.226 e. The number of halogens is 1. The summed E-state index contributed by atoms with van der Waals surface area (Å²) in [5, 5.41) is 7.62. The Morgan fingerprint density at radius 2 is 1.83 bits per heavy atom. The summed E-state index contributed by atoms with van der Waals surface area (Å²) in [5.74, 6) is 2.16. The second-order valence-corrected chi connectivity index (χ2v) is 6.31. The lowest BCUT2D eigenvalue weighted by Crippen LogP contribution is -2.36. The minimum Gasteiger partial charge on any atom is -0.459 e. The molecule has 0 spiro atoms. The molecule has 0 unspecified atom stereocenters. The van der Waals surface area contributed by atoms with Crippen molar-refractivity contribution in [2.24, 2.45) is 4.99 Å². The Labute approximate surface area is 186 Å². The highest BCUT2D eigenvalue weighted by Crippen LogP contribution is 2.19. The topological polar surface area (TPSA) is 75.6 Å². The molecule has 0 bridgehead atoms. The fourth-order valence-electron chi connectivity index (χ4n) is 2.89. The molecular formula is C22H23IN4O2. The zero-order valence-electron chi connectivity index (χ0n) is 16.1. The minimum absolute atomic E-state index is 0. The van der Waals surface area contributed by atoms with Crippen molar-refractivity contribution in [1.82, 2.24) is 15.6 Å². The van der Waals surface area contributed by atoms with Gasteiger partial charge < -0.3 is 19.5 Å². The molecule has 2 aromatic heterocycles. The summed E-state index contributed by atoms with van der Waals surface area (Å²) in [5.41, 5.74) is 2.62. The van der Waals surface area contributed by atoms with E-state index in [2.05, 4.69) is 20.6 Å². The van der Waals surface area contributed by atoms with Crippen LogP contribution in [0.1, 0.15) is 18.4 Å². The van der Waals surface area contributed by atoms with Crippen LogP contribution in [0.5, 0.6) is 0 Å². The number of nitrogens with zero attached hydrogens (tertiary/aromatic N) is 2. The predicted octanol–water partition coefficient (Wildman–Crippen LogP) is 4.96. The van der Waals surface area contributed by atoms with E-state index in [-0.39, 0.29) is 24.0 Å². The van der Waals surface area contributed by atoms with Crippen LogP contribution in [0, 0.1) is 0 Å². The molecule has 4 rings (SSSR count). The van der Waals surface area contributed by atoms with Crippen molar-refractivity contribution in [3.05, 3.63) is 78.4 Å². The average Bonchev–Trinajstić information content (AvgIpc) is 3.37. The Hall–Kier alpha value is -2.81. The van der Waals surface area contributed by atoms with Gasteiger partial charge in [-0.25, -0.2) is 9.98 Å². The molecule has 0 amide bonds. The van der Waals surface area contributed by atoms with E-state index in [1.807, 2.05) is 67.6 Å². The highest BCUT2D eigenvalue weighted by atomic mass is 127. The van der Waals surface area contributed by atoms with Crippen molar-refractivity contribution in [1.29, 1.82) is 0 Å². The van der Waals surface area contributed by atoms with Crippen LogP contribution in [-0.4, -0.2) is 17.5 Å². The van der Waals surface area contributed by atoms with Gasteiger partial charge in [0.25, 0.3) is 0 Å². The number of guanidine groups is 1. The summed E-state index contributed by atoms with van der Waals surface area (Å²) in [6, 6.07) is 19.8. The predicted molar refractivity (Wildman–Crippen MR) is 125 cm³/mol. The van der Waals surface area contributed by atoms with E-state index in [1.54, 1.807) is 6.26 Å². The molecule has 150 valence electrons. The van der Waals surface area contributed by atoms with Crippen LogP contribution in [0.2, 0.25) is 0 Å². The number of para-hydroxylation sites is 1. The molecule has 7 heteroatoms. The van der Waals surface area contributed by atoms with Gasteiger partial charge in [0.2, 0.25) is 5.89 Å². The average molecular weight is 502 g/mol. The molecule has 0 atom stereocenters. The number of hydrogen-bond acceptors (Lipinski definition) is 4. The Kier molecular flexibility index (Phi) is 7.29. The van der Waals surface area contributed by atoms with Crippen molar-refractivity contribution in [2.75, 3.05) is 6.54 Å². The molecule has 0 aliphatic heterocycles. The van der Waals surface area contributed by atoms with Crippen LogP contribution in [-0.2, 0) is 13.1 Å². The number of rotatable bonds is 6. The Bertz CT molecular complexity index is 1040. The largest absolute Gasteiger partial charge is 0.459 e. The fourth-order valence-corrected chi connectivity index (χ4v) is 2.89. The summed E-state index contributed by atoms with van der Waals surface area (Å²) in [4.78, 5) is 9.10. The third-order valence-corrected chi connectivity index (χ3v) is 4.22. The van der Waals surface area contributed by atoms with Crippen LogP contribution < -0.4 is 10.6 Å². The van der Waals surface area contributed by atoms with Gasteiger partial charge in [0.15, 0.2) is 5.96 Å². The van der Waals surface area contributed by atoms with Crippen LogP contribution in [0.3, 0.4) is 0 Å². The molecule has 2 N–H and O–H groups in total. The van der Waals surface area contributed by atoms with E-state index in [0.29, 0.717) is 24.9 Å². The third-order valence-electron chi connectivity index (χ3n) is 4.22. The van der Waals surface area contributed by atoms with Crippen LogP contribution in [0.25, 0.3) is 22.4 Å². The normalized spacial score (nSPS) is 11.3. The number of aromatic nitrogens is 1. The number of hydrogen-bond donors (Lipinski definition) is 2. The molecule has 6 nitrogen and oxygen atoms in total. The van der Waals surface area contributed by atoms with Crippen molar-refractivity contribution in [2.45, 2.75) is 20.0 Å². The maximum absolute atomic E-state index is 5.84. The van der Waals surface area contributed by atoms with Gasteiger partial charge >= 0.3 is 0 Å². The summed E-state index contributed by atoms with van der Waals surface area (Å²) in [7, 11) is 0. The first kappa shape index (κ1) is 20.9.